The number of hydrogen-bond donors (Lipinski definition) is 1. The van der Waals surface area contributed by atoms with Crippen LogP contribution in [0.3, 0.4) is 0 Å². The Hall–Kier alpha value is -2.14. The Morgan fingerprint density at radius 3 is 2.40 bits per heavy atom. The first-order chi connectivity index (χ1) is 9.51. The topological polar surface area (TPSA) is 61.0 Å². The van der Waals surface area contributed by atoms with Crippen molar-refractivity contribution in [2.75, 3.05) is 5.73 Å². The normalized spacial score (nSPS) is 10.9. The van der Waals surface area contributed by atoms with Gasteiger partial charge in [0.1, 0.15) is 10.6 Å². The van der Waals surface area contributed by atoms with Crippen molar-refractivity contribution in [1.29, 1.82) is 0 Å². The number of nitrogens with two attached hydrogens (primary N) is 1. The molecule has 0 aliphatic heterocycles. The molecule has 20 heavy (non-hydrogen) atoms. The van der Waals surface area contributed by atoms with E-state index in [0.29, 0.717) is 5.88 Å². The van der Waals surface area contributed by atoms with Crippen molar-refractivity contribution >= 4 is 27.5 Å². The van der Waals surface area contributed by atoms with E-state index in [-0.39, 0.29) is 5.95 Å². The van der Waals surface area contributed by atoms with Crippen molar-refractivity contribution in [2.24, 2.45) is 0 Å². The fourth-order valence-corrected chi connectivity index (χ4v) is 3.09. The maximum atomic E-state index is 5.92. The molecule has 0 saturated heterocycles. The van der Waals surface area contributed by atoms with E-state index in [9.17, 15) is 0 Å². The van der Waals surface area contributed by atoms with Crippen molar-refractivity contribution in [3.63, 3.8) is 0 Å². The summed E-state index contributed by atoms with van der Waals surface area (Å²) in [5.74, 6) is 1.52. The maximum Gasteiger partial charge on any atom is 0.232 e. The van der Waals surface area contributed by atoms with Crippen molar-refractivity contribution in [1.82, 2.24) is 9.97 Å². The van der Waals surface area contributed by atoms with Crippen molar-refractivity contribution < 1.29 is 4.74 Å². The number of anilines is 1. The van der Waals surface area contributed by atoms with E-state index in [1.54, 1.807) is 11.3 Å². The van der Waals surface area contributed by atoms with Gasteiger partial charge < -0.3 is 10.5 Å². The molecule has 5 heteroatoms. The Morgan fingerprint density at radius 1 is 1.00 bits per heavy atom. The predicted octanol–water partition coefficient (Wildman–Crippen LogP) is 3.99. The summed E-state index contributed by atoms with van der Waals surface area (Å²) in [5.41, 5.74) is 8.06. The van der Waals surface area contributed by atoms with Crippen molar-refractivity contribution in [2.45, 2.75) is 20.8 Å². The van der Waals surface area contributed by atoms with Crippen LogP contribution in [0.4, 0.5) is 5.95 Å². The smallest absolute Gasteiger partial charge is 0.232 e. The van der Waals surface area contributed by atoms with Gasteiger partial charge in [0.15, 0.2) is 0 Å². The van der Waals surface area contributed by atoms with Crippen LogP contribution in [0, 0.1) is 20.8 Å². The van der Waals surface area contributed by atoms with Crippen LogP contribution < -0.4 is 10.5 Å². The summed E-state index contributed by atoms with van der Waals surface area (Å²) in [4.78, 5) is 10.5. The van der Waals surface area contributed by atoms with E-state index in [4.69, 9.17) is 10.5 Å². The lowest BCUT2D eigenvalue weighted by molar-refractivity contribution is 0.468. The Balaban J connectivity index is 2.09. The van der Waals surface area contributed by atoms with Gasteiger partial charge in [-0.05, 0) is 50.1 Å². The lowest BCUT2D eigenvalue weighted by Crippen LogP contribution is -1.97. The molecular formula is C15H15N3OS. The number of ether oxygens (including phenoxy) is 1. The Morgan fingerprint density at radius 2 is 1.70 bits per heavy atom. The summed E-state index contributed by atoms with van der Waals surface area (Å²) in [6.45, 7) is 6.11. The molecule has 0 aliphatic rings. The Kier molecular flexibility index (Phi) is 3.06. The highest BCUT2D eigenvalue weighted by atomic mass is 32.1. The quantitative estimate of drug-likeness (QED) is 0.773. The molecule has 0 unspecified atom stereocenters. The number of aryl methyl sites for hydroxylation is 3. The van der Waals surface area contributed by atoms with Gasteiger partial charge in [-0.15, -0.1) is 11.3 Å². The van der Waals surface area contributed by atoms with Gasteiger partial charge in [0.05, 0.1) is 5.39 Å². The lowest BCUT2D eigenvalue weighted by atomic mass is 10.1. The van der Waals surface area contributed by atoms with Gasteiger partial charge in [-0.2, -0.15) is 4.98 Å². The second kappa shape index (κ2) is 4.76. The largest absolute Gasteiger partial charge is 0.438 e. The average molecular weight is 285 g/mol. The van der Waals surface area contributed by atoms with Crippen LogP contribution in [0.25, 0.3) is 10.2 Å². The summed E-state index contributed by atoms with van der Waals surface area (Å²) < 4.78 is 5.92. The van der Waals surface area contributed by atoms with E-state index < -0.39 is 0 Å². The highest BCUT2D eigenvalue weighted by molar-refractivity contribution is 7.18. The SMILES string of the molecule is Cc1cc(C)cc(Oc2nc(N)nc3sc(C)cc23)c1. The van der Waals surface area contributed by atoms with E-state index in [2.05, 4.69) is 16.0 Å². The zero-order valence-electron chi connectivity index (χ0n) is 11.6. The molecule has 3 aromatic rings. The van der Waals surface area contributed by atoms with Crippen LogP contribution in [0.5, 0.6) is 11.6 Å². The number of hydrogen-bond acceptors (Lipinski definition) is 5. The fraction of sp³-hybridized carbons (Fsp3) is 0.200. The zero-order chi connectivity index (χ0) is 14.3. The third kappa shape index (κ3) is 2.44. The number of aromatic nitrogens is 2. The van der Waals surface area contributed by atoms with Gasteiger partial charge in [-0.3, -0.25) is 0 Å². The number of nitrogens with zero attached hydrogens (tertiary/aromatic N) is 2. The number of fused-ring (bicyclic) bond motifs is 1. The van der Waals surface area contributed by atoms with Crippen LogP contribution in [-0.4, -0.2) is 9.97 Å². The molecule has 0 saturated carbocycles. The Labute approximate surface area is 121 Å². The fourth-order valence-electron chi connectivity index (χ4n) is 2.21. The molecule has 2 N–H and O–H groups in total. The van der Waals surface area contributed by atoms with E-state index >= 15 is 0 Å². The van der Waals surface area contributed by atoms with Gasteiger partial charge in [-0.25, -0.2) is 4.98 Å². The molecule has 2 aromatic heterocycles. The second-order valence-corrected chi connectivity index (χ2v) is 6.12. The monoisotopic (exact) mass is 285 g/mol. The predicted molar refractivity (Wildman–Crippen MR) is 82.6 cm³/mol. The van der Waals surface area contributed by atoms with Gasteiger partial charge in [0, 0.05) is 4.88 Å². The second-order valence-electron chi connectivity index (χ2n) is 4.89. The van der Waals surface area contributed by atoms with Crippen LogP contribution in [0.2, 0.25) is 0 Å². The molecule has 0 atom stereocenters. The molecule has 2 heterocycles. The van der Waals surface area contributed by atoms with Gasteiger partial charge in [0.25, 0.3) is 0 Å². The molecular weight excluding hydrogens is 270 g/mol. The minimum atomic E-state index is 0.235. The maximum absolute atomic E-state index is 5.92. The first-order valence-electron chi connectivity index (χ1n) is 6.31. The molecule has 0 amide bonds. The van der Waals surface area contributed by atoms with E-state index in [1.807, 2.05) is 39.0 Å². The number of benzene rings is 1. The van der Waals surface area contributed by atoms with E-state index in [1.165, 1.54) is 0 Å². The lowest BCUT2D eigenvalue weighted by Gasteiger charge is -2.08. The molecule has 0 aliphatic carbocycles. The molecule has 4 nitrogen and oxygen atoms in total. The number of nitrogen functional groups attached to an aromatic ring is 1. The molecule has 0 spiro atoms. The van der Waals surface area contributed by atoms with Crippen LogP contribution in [0.15, 0.2) is 24.3 Å². The molecule has 1 aromatic carbocycles. The van der Waals surface area contributed by atoms with Crippen LogP contribution in [-0.2, 0) is 0 Å². The van der Waals surface area contributed by atoms with Gasteiger partial charge in [-0.1, -0.05) is 6.07 Å². The van der Waals surface area contributed by atoms with Gasteiger partial charge in [0.2, 0.25) is 11.8 Å². The average Bonchev–Trinajstić information content (AvgIpc) is 2.68. The summed E-state index contributed by atoms with van der Waals surface area (Å²) in [5, 5.41) is 0.904. The minimum absolute atomic E-state index is 0.235. The third-order valence-electron chi connectivity index (χ3n) is 2.91. The zero-order valence-corrected chi connectivity index (χ0v) is 12.4. The van der Waals surface area contributed by atoms with Crippen molar-refractivity contribution in [3.05, 3.63) is 40.3 Å². The molecule has 0 fully saturated rings. The molecule has 3 rings (SSSR count). The Bertz CT molecular complexity index is 775. The molecule has 0 radical (unpaired) electrons. The number of thiophene rings is 1. The van der Waals surface area contributed by atoms with Crippen LogP contribution in [0.1, 0.15) is 16.0 Å². The summed E-state index contributed by atoms with van der Waals surface area (Å²) in [6, 6.07) is 8.09. The summed E-state index contributed by atoms with van der Waals surface area (Å²) in [6.07, 6.45) is 0. The standard InChI is InChI=1S/C15H15N3OS/c1-8-4-9(2)6-11(5-8)19-13-12-7-10(3)20-14(12)18-15(16)17-13/h4-7H,1-3H3,(H2,16,17,18). The van der Waals surface area contributed by atoms with Crippen molar-refractivity contribution in [3.8, 4) is 11.6 Å². The van der Waals surface area contributed by atoms with Gasteiger partial charge >= 0.3 is 0 Å². The third-order valence-corrected chi connectivity index (χ3v) is 3.85. The molecule has 102 valence electrons. The highest BCUT2D eigenvalue weighted by Crippen LogP contribution is 2.33. The first-order valence-corrected chi connectivity index (χ1v) is 7.13. The van der Waals surface area contributed by atoms with E-state index in [0.717, 1.165) is 32.0 Å². The summed E-state index contributed by atoms with van der Waals surface area (Å²) >= 11 is 1.59. The highest BCUT2D eigenvalue weighted by Gasteiger charge is 2.11. The number of rotatable bonds is 2. The summed E-state index contributed by atoms with van der Waals surface area (Å²) in [7, 11) is 0. The first kappa shape index (κ1) is 12.9. The molecule has 0 bridgehead atoms. The van der Waals surface area contributed by atoms with Crippen LogP contribution >= 0.6 is 11.3 Å². The minimum Gasteiger partial charge on any atom is -0.438 e.